The number of rotatable bonds is 0. The summed E-state index contributed by atoms with van der Waals surface area (Å²) in [6, 6.07) is 0. The Hall–Kier alpha value is 0. The lowest BCUT2D eigenvalue weighted by atomic mass is 9.24. The summed E-state index contributed by atoms with van der Waals surface area (Å²) in [7, 11) is 0. The van der Waals surface area contributed by atoms with Crippen molar-refractivity contribution in [2.45, 2.75) is 55.4 Å². The molecule has 88 valence electrons. The monoisotopic (exact) mass is 216 g/mol. The summed E-state index contributed by atoms with van der Waals surface area (Å²) in [5.41, 5.74) is 5.07. The summed E-state index contributed by atoms with van der Waals surface area (Å²) < 4.78 is 0. The third-order valence-electron chi connectivity index (χ3n) is 11.9. The Labute approximate surface area is 99.2 Å². The van der Waals surface area contributed by atoms with E-state index < -0.39 is 0 Å². The molecule has 0 amide bonds. The minimum absolute atomic E-state index is 0.625. The Morgan fingerprint density at radius 2 is 0.312 bits per heavy atom. The highest BCUT2D eigenvalue weighted by Crippen LogP contribution is 3.32. The average molecular weight is 216 g/mol. The van der Waals surface area contributed by atoms with E-state index in [9.17, 15) is 0 Å². The molecule has 0 heteroatoms. The van der Waals surface area contributed by atoms with Crippen LogP contribution in [0.1, 0.15) is 55.4 Å². The van der Waals surface area contributed by atoms with Crippen LogP contribution >= 0.6 is 0 Å². The van der Waals surface area contributed by atoms with Crippen molar-refractivity contribution in [2.24, 2.45) is 43.3 Å². The Morgan fingerprint density at radius 3 is 0.375 bits per heavy atom. The normalized spacial score (nSPS) is 97.5. The van der Waals surface area contributed by atoms with Crippen LogP contribution in [0.4, 0.5) is 0 Å². The van der Waals surface area contributed by atoms with Gasteiger partial charge in [-0.2, -0.15) is 0 Å². The maximum atomic E-state index is 2.62. The van der Waals surface area contributed by atoms with Crippen LogP contribution in [0.5, 0.6) is 0 Å². The molecule has 6 rings (SSSR count). The third kappa shape index (κ3) is 0.219. The third-order valence-corrected chi connectivity index (χ3v) is 11.9. The van der Waals surface area contributed by atoms with Crippen LogP contribution in [-0.2, 0) is 0 Å². The van der Waals surface area contributed by atoms with Gasteiger partial charge in [-0.3, -0.25) is 0 Å². The van der Waals surface area contributed by atoms with E-state index in [1.807, 2.05) is 0 Å². The second-order valence-corrected chi connectivity index (χ2v) is 9.00. The van der Waals surface area contributed by atoms with Crippen LogP contribution < -0.4 is 0 Å². The van der Waals surface area contributed by atoms with Crippen LogP contribution in [-0.4, -0.2) is 0 Å². The first kappa shape index (κ1) is 9.00. The van der Waals surface area contributed by atoms with Crippen molar-refractivity contribution in [3.8, 4) is 0 Å². The second-order valence-electron chi connectivity index (χ2n) is 9.00. The molecule has 0 unspecified atom stereocenters. The van der Waals surface area contributed by atoms with Crippen molar-refractivity contribution < 1.29 is 0 Å². The Kier molecular flexibility index (Phi) is 0.718. The van der Waals surface area contributed by atoms with Gasteiger partial charge in [0, 0.05) is 0 Å². The maximum Gasteiger partial charge on any atom is -0.0130 e. The van der Waals surface area contributed by atoms with E-state index in [4.69, 9.17) is 0 Å². The summed E-state index contributed by atoms with van der Waals surface area (Å²) >= 11 is 0. The van der Waals surface area contributed by atoms with E-state index in [1.165, 1.54) is 0 Å². The lowest BCUT2D eigenvalue weighted by Crippen LogP contribution is -2.76. The van der Waals surface area contributed by atoms with Gasteiger partial charge in [0.15, 0.2) is 0 Å². The van der Waals surface area contributed by atoms with Gasteiger partial charge in [-0.15, -0.1) is 0 Å². The topological polar surface area (TPSA) is 0 Å². The predicted molar refractivity (Wildman–Crippen MR) is 64.9 cm³/mol. The molecule has 6 saturated carbocycles. The highest BCUT2D eigenvalue weighted by molar-refractivity contribution is 5.75. The zero-order valence-electron chi connectivity index (χ0n) is 12.0. The predicted octanol–water partition coefficient (Wildman–Crippen LogP) is 4.10. The van der Waals surface area contributed by atoms with Crippen LogP contribution in [0.25, 0.3) is 0 Å². The van der Waals surface area contributed by atoms with Gasteiger partial charge in [-0.25, -0.2) is 0 Å². The summed E-state index contributed by atoms with van der Waals surface area (Å²) in [6.45, 7) is 20.9. The molecule has 0 aromatic heterocycles. The zero-order chi connectivity index (χ0) is 12.0. The number of hydrogen-bond donors (Lipinski definition) is 0. The van der Waals surface area contributed by atoms with E-state index >= 15 is 0 Å². The molecule has 0 aromatic carbocycles. The van der Waals surface area contributed by atoms with Crippen molar-refractivity contribution >= 4 is 0 Å². The molecular weight excluding hydrogens is 192 g/mol. The van der Waals surface area contributed by atoms with Crippen LogP contribution in [0.3, 0.4) is 0 Å². The Bertz CT molecular complexity index is 408. The molecule has 16 heavy (non-hydrogen) atoms. The van der Waals surface area contributed by atoms with Gasteiger partial charge in [0.25, 0.3) is 0 Å². The second kappa shape index (κ2) is 1.28. The quantitative estimate of drug-likeness (QED) is 0.572. The first-order chi connectivity index (χ1) is 7.00. The van der Waals surface area contributed by atoms with Crippen molar-refractivity contribution in [1.82, 2.24) is 0 Å². The lowest BCUT2D eigenvalue weighted by molar-refractivity contribution is -0.332. The summed E-state index contributed by atoms with van der Waals surface area (Å²) in [5, 5.41) is 0. The van der Waals surface area contributed by atoms with Crippen molar-refractivity contribution in [1.29, 1.82) is 0 Å². The molecule has 6 aliphatic rings. The minimum atomic E-state index is 0.625. The first-order valence-corrected chi connectivity index (χ1v) is 7.00. The fourth-order valence-electron chi connectivity index (χ4n) is 11.1. The highest BCUT2D eigenvalue weighted by Gasteiger charge is 3.29. The fraction of sp³-hybridized carbons (Fsp3) is 1.00. The van der Waals surface area contributed by atoms with E-state index in [0.29, 0.717) is 43.3 Å². The van der Waals surface area contributed by atoms with Crippen molar-refractivity contribution in [3.05, 3.63) is 0 Å². The average Bonchev–Trinajstić information content (AvgIpc) is 2.78. The largest absolute Gasteiger partial charge is 0.0579 e. The van der Waals surface area contributed by atoms with Gasteiger partial charge in [0.2, 0.25) is 0 Å². The Morgan fingerprint density at radius 1 is 0.250 bits per heavy atom. The van der Waals surface area contributed by atoms with Gasteiger partial charge >= 0.3 is 0 Å². The Balaban J connectivity index is 2.01. The van der Waals surface area contributed by atoms with Gasteiger partial charge < -0.3 is 0 Å². The van der Waals surface area contributed by atoms with E-state index in [1.54, 1.807) is 0 Å². The van der Waals surface area contributed by atoms with Gasteiger partial charge in [0.05, 0.1) is 0 Å². The molecule has 0 nitrogen and oxygen atoms in total. The molecule has 6 fully saturated rings. The summed E-state index contributed by atoms with van der Waals surface area (Å²) in [6.07, 6.45) is 0. The zero-order valence-corrected chi connectivity index (χ0v) is 12.0. The number of hydrogen-bond acceptors (Lipinski definition) is 0. The van der Waals surface area contributed by atoms with Gasteiger partial charge in [0.1, 0.15) is 0 Å². The van der Waals surface area contributed by atoms with Crippen molar-refractivity contribution in [2.75, 3.05) is 0 Å². The summed E-state index contributed by atoms with van der Waals surface area (Å²) in [5.74, 6) is 0. The molecule has 0 N–H and O–H groups in total. The minimum Gasteiger partial charge on any atom is -0.0579 e. The molecule has 6 aliphatic carbocycles. The molecule has 0 bridgehead atoms. The SMILES string of the molecule is CC12C3(C)C1(C)C1(C)C4(C)C1(C)C3(C)C24C. The van der Waals surface area contributed by atoms with Crippen LogP contribution in [0.15, 0.2) is 0 Å². The standard InChI is InChI=1S/C16H24/c1-9-10(2)13(9,5)14(6)11(3)12(14,4)16(10,8)15(9,11)7/h1-8H3. The van der Waals surface area contributed by atoms with Crippen molar-refractivity contribution in [3.63, 3.8) is 0 Å². The summed E-state index contributed by atoms with van der Waals surface area (Å²) in [4.78, 5) is 0. The molecule has 0 saturated heterocycles. The van der Waals surface area contributed by atoms with Gasteiger partial charge in [-0.1, -0.05) is 55.4 Å². The lowest BCUT2D eigenvalue weighted by Gasteiger charge is -2.79. The molecule has 0 radical (unpaired) electrons. The molecule has 0 aromatic rings. The molecule has 0 heterocycles. The van der Waals surface area contributed by atoms with E-state index in [0.717, 1.165) is 0 Å². The fourth-order valence-corrected chi connectivity index (χ4v) is 11.1. The highest BCUT2D eigenvalue weighted by atomic mass is 15.3. The van der Waals surface area contributed by atoms with Crippen LogP contribution in [0.2, 0.25) is 0 Å². The van der Waals surface area contributed by atoms with E-state index in [2.05, 4.69) is 55.4 Å². The molecule has 0 spiro atoms. The molecule has 0 atom stereocenters. The molecule has 0 aliphatic heterocycles. The smallest absolute Gasteiger partial charge is 0.0130 e. The maximum absolute atomic E-state index is 2.62. The van der Waals surface area contributed by atoms with Crippen LogP contribution in [0, 0.1) is 43.3 Å². The van der Waals surface area contributed by atoms with Gasteiger partial charge in [-0.05, 0) is 43.3 Å². The first-order valence-electron chi connectivity index (χ1n) is 7.00. The molecular formula is C16H24. The van der Waals surface area contributed by atoms with E-state index in [-0.39, 0.29) is 0 Å².